The van der Waals surface area contributed by atoms with Gasteiger partial charge in [0.15, 0.2) is 5.78 Å². The van der Waals surface area contributed by atoms with Crippen molar-refractivity contribution in [2.45, 2.75) is 70.0 Å². The number of nitrogens with zero attached hydrogens (tertiary/aromatic N) is 1. The SMILES string of the molecule is C[C@@]12CC(OO)C3=C4CCC(=O)C=C4CC[C@@H]3[C@H]1CC[C@]2(O)CC#N. The van der Waals surface area contributed by atoms with Gasteiger partial charge in [-0.05, 0) is 73.2 Å². The second kappa shape index (κ2) is 5.77. The van der Waals surface area contributed by atoms with Gasteiger partial charge in [-0.2, -0.15) is 5.26 Å². The van der Waals surface area contributed by atoms with Crippen molar-refractivity contribution in [3.8, 4) is 6.07 Å². The van der Waals surface area contributed by atoms with Gasteiger partial charge in [-0.15, -0.1) is 0 Å². The summed E-state index contributed by atoms with van der Waals surface area (Å²) in [6, 6.07) is 2.15. The summed E-state index contributed by atoms with van der Waals surface area (Å²) in [5.74, 6) is 0.729. The lowest BCUT2D eigenvalue weighted by atomic mass is 9.54. The van der Waals surface area contributed by atoms with Crippen LogP contribution >= 0.6 is 0 Å². The maximum absolute atomic E-state index is 11.8. The van der Waals surface area contributed by atoms with Crippen molar-refractivity contribution in [1.29, 1.82) is 5.26 Å². The Bertz CT molecular complexity index is 718. The van der Waals surface area contributed by atoms with E-state index in [4.69, 9.17) is 4.89 Å². The van der Waals surface area contributed by atoms with Crippen LogP contribution in [0, 0.1) is 28.6 Å². The van der Waals surface area contributed by atoms with Crippen LogP contribution in [0.1, 0.15) is 58.3 Å². The predicted octanol–water partition coefficient (Wildman–Crippen LogP) is 3.31. The van der Waals surface area contributed by atoms with Crippen molar-refractivity contribution in [3.05, 3.63) is 22.8 Å². The average Bonchev–Trinajstić information content (AvgIpc) is 2.85. The van der Waals surface area contributed by atoms with Gasteiger partial charge < -0.3 is 5.11 Å². The van der Waals surface area contributed by atoms with Crippen LogP contribution in [0.25, 0.3) is 0 Å². The fourth-order valence-corrected chi connectivity index (χ4v) is 6.20. The number of fused-ring (bicyclic) bond motifs is 4. The van der Waals surface area contributed by atoms with Gasteiger partial charge in [0.05, 0.1) is 18.1 Å². The van der Waals surface area contributed by atoms with Gasteiger partial charge in [-0.3, -0.25) is 10.1 Å². The van der Waals surface area contributed by atoms with Crippen molar-refractivity contribution < 1.29 is 20.0 Å². The molecule has 0 bridgehead atoms. The lowest BCUT2D eigenvalue weighted by Gasteiger charge is -2.53. The second-order valence-corrected chi connectivity index (χ2v) is 8.44. The maximum Gasteiger partial charge on any atom is 0.156 e. The van der Waals surface area contributed by atoms with Crippen LogP contribution in [0.4, 0.5) is 0 Å². The Balaban J connectivity index is 1.80. The highest BCUT2D eigenvalue weighted by Crippen LogP contribution is 2.64. The van der Waals surface area contributed by atoms with Gasteiger partial charge >= 0.3 is 0 Å². The summed E-state index contributed by atoms with van der Waals surface area (Å²) in [6.07, 6.45) is 6.51. The first-order valence-electron chi connectivity index (χ1n) is 9.30. The van der Waals surface area contributed by atoms with Gasteiger partial charge in [0.25, 0.3) is 0 Å². The van der Waals surface area contributed by atoms with Gasteiger partial charge in [0, 0.05) is 11.8 Å². The minimum absolute atomic E-state index is 0.121. The zero-order valence-corrected chi connectivity index (χ0v) is 14.6. The summed E-state index contributed by atoms with van der Waals surface area (Å²) in [6.45, 7) is 2.06. The van der Waals surface area contributed by atoms with Crippen molar-refractivity contribution >= 4 is 5.78 Å². The van der Waals surface area contributed by atoms with Crippen LogP contribution in [0.5, 0.6) is 0 Å². The minimum Gasteiger partial charge on any atom is -0.388 e. The molecule has 1 unspecified atom stereocenters. The summed E-state index contributed by atoms with van der Waals surface area (Å²) in [7, 11) is 0. The van der Waals surface area contributed by atoms with E-state index in [9.17, 15) is 20.4 Å². The molecular formula is C20H25NO4. The van der Waals surface area contributed by atoms with Crippen molar-refractivity contribution in [3.63, 3.8) is 0 Å². The van der Waals surface area contributed by atoms with Crippen LogP contribution in [-0.2, 0) is 9.68 Å². The number of carbonyl (C=O) groups is 1. The van der Waals surface area contributed by atoms with Gasteiger partial charge in [-0.25, -0.2) is 4.89 Å². The molecule has 5 atom stereocenters. The third-order valence-electron chi connectivity index (χ3n) is 7.51. The highest BCUT2D eigenvalue weighted by atomic mass is 17.1. The number of nitriles is 1. The molecule has 0 heterocycles. The molecule has 2 saturated carbocycles. The van der Waals surface area contributed by atoms with Crippen molar-refractivity contribution in [2.24, 2.45) is 17.3 Å². The fraction of sp³-hybridized carbons (Fsp3) is 0.700. The van der Waals surface area contributed by atoms with E-state index in [0.29, 0.717) is 25.2 Å². The standard InChI is InChI=1S/C20H25NO4/c1-19-11-17(25-24)18-14-5-3-13(22)10-12(14)2-4-15(18)16(19)6-7-20(19,23)8-9-21/h10,15-17,23-24H,2-8,11H2,1H3/t15-,16-,17?,19-,20+/m1/s1. The second-order valence-electron chi connectivity index (χ2n) is 8.44. The smallest absolute Gasteiger partial charge is 0.156 e. The van der Waals surface area contributed by atoms with Crippen molar-refractivity contribution in [1.82, 2.24) is 0 Å². The number of ketones is 1. The normalized spacial score (nSPS) is 43.0. The Kier molecular flexibility index (Phi) is 3.91. The van der Waals surface area contributed by atoms with E-state index in [0.717, 1.165) is 36.8 Å². The number of hydrogen-bond donors (Lipinski definition) is 2. The molecule has 134 valence electrons. The van der Waals surface area contributed by atoms with Gasteiger partial charge in [0.2, 0.25) is 0 Å². The fourth-order valence-electron chi connectivity index (χ4n) is 6.20. The molecule has 0 radical (unpaired) electrons. The molecule has 2 fully saturated rings. The van der Waals surface area contributed by atoms with Crippen LogP contribution in [0.15, 0.2) is 22.8 Å². The average molecular weight is 343 g/mol. The summed E-state index contributed by atoms with van der Waals surface area (Å²) in [4.78, 5) is 16.7. The van der Waals surface area contributed by atoms with E-state index in [1.165, 1.54) is 5.57 Å². The zero-order chi connectivity index (χ0) is 17.8. The molecule has 5 nitrogen and oxygen atoms in total. The number of rotatable bonds is 2. The third-order valence-corrected chi connectivity index (χ3v) is 7.51. The quantitative estimate of drug-likeness (QED) is 0.593. The Labute approximate surface area is 147 Å². The number of hydrogen-bond acceptors (Lipinski definition) is 5. The summed E-state index contributed by atoms with van der Waals surface area (Å²) >= 11 is 0. The highest BCUT2D eigenvalue weighted by Gasteiger charge is 2.63. The molecule has 0 aromatic heterocycles. The van der Waals surface area contributed by atoms with Crippen LogP contribution in [-0.4, -0.2) is 27.9 Å². The van der Waals surface area contributed by atoms with Gasteiger partial charge in [-0.1, -0.05) is 6.92 Å². The van der Waals surface area contributed by atoms with Crippen molar-refractivity contribution in [2.75, 3.05) is 0 Å². The van der Waals surface area contributed by atoms with E-state index in [1.54, 1.807) is 6.08 Å². The first-order chi connectivity index (χ1) is 11.9. The Morgan fingerprint density at radius 3 is 2.88 bits per heavy atom. The molecule has 0 amide bonds. The third kappa shape index (κ3) is 2.28. The molecule has 0 aromatic carbocycles. The number of allylic oxidation sites excluding steroid dienone is 3. The number of aliphatic hydroxyl groups is 1. The molecule has 0 aliphatic heterocycles. The van der Waals surface area contributed by atoms with E-state index >= 15 is 0 Å². The van der Waals surface area contributed by atoms with Crippen LogP contribution < -0.4 is 0 Å². The molecule has 2 N–H and O–H groups in total. The highest BCUT2D eigenvalue weighted by molar-refractivity contribution is 5.93. The topological polar surface area (TPSA) is 90.6 Å². The number of carbonyl (C=O) groups excluding carboxylic acids is 1. The van der Waals surface area contributed by atoms with E-state index in [1.807, 2.05) is 0 Å². The van der Waals surface area contributed by atoms with Gasteiger partial charge in [0.1, 0.15) is 6.10 Å². The van der Waals surface area contributed by atoms with Crippen LogP contribution in [0.3, 0.4) is 0 Å². The molecular weight excluding hydrogens is 318 g/mol. The lowest BCUT2D eigenvalue weighted by Crippen LogP contribution is -2.53. The first-order valence-corrected chi connectivity index (χ1v) is 9.30. The molecule has 0 aromatic rings. The summed E-state index contributed by atoms with van der Waals surface area (Å²) in [5, 5.41) is 30.0. The molecule has 4 aliphatic carbocycles. The Hall–Kier alpha value is -1.48. The van der Waals surface area contributed by atoms with E-state index < -0.39 is 17.1 Å². The molecule has 4 rings (SSSR count). The predicted molar refractivity (Wildman–Crippen MR) is 90.2 cm³/mol. The minimum atomic E-state index is -1.02. The molecule has 4 aliphatic rings. The molecule has 25 heavy (non-hydrogen) atoms. The monoisotopic (exact) mass is 343 g/mol. The molecule has 0 saturated heterocycles. The summed E-state index contributed by atoms with van der Waals surface area (Å²) in [5.41, 5.74) is 2.01. The lowest BCUT2D eigenvalue weighted by molar-refractivity contribution is -0.287. The van der Waals surface area contributed by atoms with E-state index in [-0.39, 0.29) is 18.1 Å². The molecule has 0 spiro atoms. The van der Waals surface area contributed by atoms with E-state index in [2.05, 4.69) is 13.0 Å². The Morgan fingerprint density at radius 1 is 1.36 bits per heavy atom. The maximum atomic E-state index is 11.8. The zero-order valence-electron chi connectivity index (χ0n) is 14.6. The van der Waals surface area contributed by atoms with Crippen LogP contribution in [0.2, 0.25) is 0 Å². The molecule has 5 heteroatoms. The summed E-state index contributed by atoms with van der Waals surface area (Å²) < 4.78 is 0. The largest absolute Gasteiger partial charge is 0.388 e. The first kappa shape index (κ1) is 17.0. The Morgan fingerprint density at radius 2 is 2.16 bits per heavy atom.